The lowest BCUT2D eigenvalue weighted by Crippen LogP contribution is -2.14. The average Bonchev–Trinajstić information content (AvgIpc) is 2.86. The van der Waals surface area contributed by atoms with Crippen molar-refractivity contribution in [2.75, 3.05) is 5.32 Å². The van der Waals surface area contributed by atoms with Gasteiger partial charge in [-0.15, -0.1) is 0 Å². The third-order valence-electron chi connectivity index (χ3n) is 2.76. The lowest BCUT2D eigenvalue weighted by molar-refractivity contribution is 0.102. The SMILES string of the molecule is O=C(Nc1ccc2[nH]ccc2c1)c1cccc(F)n1. The fraction of sp³-hybridized carbons (Fsp3) is 0. The Kier molecular flexibility index (Phi) is 2.72. The van der Waals surface area contributed by atoms with E-state index in [-0.39, 0.29) is 5.69 Å². The number of rotatable bonds is 2. The van der Waals surface area contributed by atoms with E-state index in [2.05, 4.69) is 15.3 Å². The van der Waals surface area contributed by atoms with Crippen molar-refractivity contribution in [1.29, 1.82) is 0 Å². The van der Waals surface area contributed by atoms with Crippen LogP contribution in [0, 0.1) is 5.95 Å². The Labute approximate surface area is 108 Å². The number of benzene rings is 1. The Balaban J connectivity index is 1.86. The highest BCUT2D eigenvalue weighted by Gasteiger charge is 2.08. The van der Waals surface area contributed by atoms with Gasteiger partial charge in [-0.3, -0.25) is 4.79 Å². The van der Waals surface area contributed by atoms with Gasteiger partial charge in [-0.1, -0.05) is 6.07 Å². The summed E-state index contributed by atoms with van der Waals surface area (Å²) in [5, 5.41) is 3.68. The van der Waals surface area contributed by atoms with Crippen LogP contribution in [0.2, 0.25) is 0 Å². The summed E-state index contributed by atoms with van der Waals surface area (Å²) in [6.45, 7) is 0. The molecule has 94 valence electrons. The molecule has 4 nitrogen and oxygen atoms in total. The summed E-state index contributed by atoms with van der Waals surface area (Å²) in [6, 6.07) is 11.5. The van der Waals surface area contributed by atoms with Crippen molar-refractivity contribution < 1.29 is 9.18 Å². The predicted molar refractivity (Wildman–Crippen MR) is 70.4 cm³/mol. The first kappa shape index (κ1) is 11.4. The summed E-state index contributed by atoms with van der Waals surface area (Å²) in [4.78, 5) is 18.5. The Hall–Kier alpha value is -2.69. The Morgan fingerprint density at radius 3 is 2.95 bits per heavy atom. The van der Waals surface area contributed by atoms with E-state index in [0.717, 1.165) is 10.9 Å². The van der Waals surface area contributed by atoms with Crippen LogP contribution in [0.15, 0.2) is 48.7 Å². The number of carbonyl (C=O) groups is 1. The molecule has 3 aromatic rings. The summed E-state index contributed by atoms with van der Waals surface area (Å²) in [5.41, 5.74) is 1.68. The van der Waals surface area contributed by atoms with Crippen molar-refractivity contribution in [1.82, 2.24) is 9.97 Å². The first-order valence-corrected chi connectivity index (χ1v) is 5.73. The topological polar surface area (TPSA) is 57.8 Å². The molecule has 0 aliphatic rings. The maximum absolute atomic E-state index is 12.9. The number of H-pyrrole nitrogens is 1. The second-order valence-corrected chi connectivity index (χ2v) is 4.08. The molecule has 2 heterocycles. The van der Waals surface area contributed by atoms with Crippen molar-refractivity contribution in [3.63, 3.8) is 0 Å². The van der Waals surface area contributed by atoms with Gasteiger partial charge in [0, 0.05) is 22.8 Å². The van der Waals surface area contributed by atoms with Gasteiger partial charge in [-0.05, 0) is 36.4 Å². The fourth-order valence-corrected chi connectivity index (χ4v) is 1.86. The van der Waals surface area contributed by atoms with Crippen LogP contribution in [0.25, 0.3) is 10.9 Å². The molecule has 0 fully saturated rings. The Morgan fingerprint density at radius 1 is 1.21 bits per heavy atom. The standard InChI is InChI=1S/C14H10FN3O/c15-13-3-1-2-12(18-13)14(19)17-10-4-5-11-9(8-10)6-7-16-11/h1-8,16H,(H,17,19). The molecule has 2 aromatic heterocycles. The molecule has 19 heavy (non-hydrogen) atoms. The smallest absolute Gasteiger partial charge is 0.274 e. The molecular weight excluding hydrogens is 245 g/mol. The zero-order chi connectivity index (χ0) is 13.2. The second-order valence-electron chi connectivity index (χ2n) is 4.08. The molecule has 0 aliphatic heterocycles. The summed E-state index contributed by atoms with van der Waals surface area (Å²) >= 11 is 0. The van der Waals surface area contributed by atoms with Crippen molar-refractivity contribution in [2.24, 2.45) is 0 Å². The molecule has 0 unspecified atom stereocenters. The van der Waals surface area contributed by atoms with E-state index < -0.39 is 11.9 Å². The lowest BCUT2D eigenvalue weighted by atomic mass is 10.2. The molecule has 0 aliphatic carbocycles. The molecule has 0 saturated carbocycles. The molecule has 1 amide bonds. The van der Waals surface area contributed by atoms with Crippen LogP contribution in [-0.4, -0.2) is 15.9 Å². The van der Waals surface area contributed by atoms with Crippen LogP contribution in [0.3, 0.4) is 0 Å². The van der Waals surface area contributed by atoms with Gasteiger partial charge >= 0.3 is 0 Å². The maximum atomic E-state index is 12.9. The van der Waals surface area contributed by atoms with E-state index in [4.69, 9.17) is 0 Å². The molecule has 0 atom stereocenters. The minimum Gasteiger partial charge on any atom is -0.361 e. The van der Waals surface area contributed by atoms with E-state index >= 15 is 0 Å². The highest BCUT2D eigenvalue weighted by Crippen LogP contribution is 2.18. The number of halogens is 1. The van der Waals surface area contributed by atoms with Crippen LogP contribution in [0.4, 0.5) is 10.1 Å². The minimum absolute atomic E-state index is 0.0502. The zero-order valence-corrected chi connectivity index (χ0v) is 9.85. The van der Waals surface area contributed by atoms with Gasteiger partial charge in [0.2, 0.25) is 5.95 Å². The van der Waals surface area contributed by atoms with E-state index in [9.17, 15) is 9.18 Å². The van der Waals surface area contributed by atoms with Gasteiger partial charge in [0.25, 0.3) is 5.91 Å². The van der Waals surface area contributed by atoms with Crippen LogP contribution in [0.1, 0.15) is 10.5 Å². The number of amides is 1. The number of hydrogen-bond acceptors (Lipinski definition) is 2. The van der Waals surface area contributed by atoms with Crippen LogP contribution < -0.4 is 5.32 Å². The molecule has 0 saturated heterocycles. The summed E-state index contributed by atoms with van der Waals surface area (Å²) in [6.07, 6.45) is 1.82. The molecule has 0 radical (unpaired) electrons. The molecular formula is C14H10FN3O. The molecule has 0 spiro atoms. The van der Waals surface area contributed by atoms with Gasteiger partial charge in [0.05, 0.1) is 0 Å². The number of nitrogens with one attached hydrogen (secondary N) is 2. The third-order valence-corrected chi connectivity index (χ3v) is 2.76. The van der Waals surface area contributed by atoms with E-state index in [1.54, 1.807) is 6.07 Å². The average molecular weight is 255 g/mol. The fourth-order valence-electron chi connectivity index (χ4n) is 1.86. The summed E-state index contributed by atoms with van der Waals surface area (Å²) < 4.78 is 12.9. The predicted octanol–water partition coefficient (Wildman–Crippen LogP) is 2.95. The van der Waals surface area contributed by atoms with Crippen molar-refractivity contribution in [3.8, 4) is 0 Å². The molecule has 0 bridgehead atoms. The Morgan fingerprint density at radius 2 is 2.11 bits per heavy atom. The van der Waals surface area contributed by atoms with Gasteiger partial charge in [0.15, 0.2) is 0 Å². The minimum atomic E-state index is -0.672. The van der Waals surface area contributed by atoms with E-state index in [1.165, 1.54) is 18.2 Å². The normalized spacial score (nSPS) is 10.6. The van der Waals surface area contributed by atoms with Crippen LogP contribution in [0.5, 0.6) is 0 Å². The summed E-state index contributed by atoms with van der Waals surface area (Å²) in [7, 11) is 0. The first-order chi connectivity index (χ1) is 9.22. The maximum Gasteiger partial charge on any atom is 0.274 e. The number of aromatic nitrogens is 2. The van der Waals surface area contributed by atoms with Crippen molar-refractivity contribution in [2.45, 2.75) is 0 Å². The van der Waals surface area contributed by atoms with Crippen LogP contribution >= 0.6 is 0 Å². The largest absolute Gasteiger partial charge is 0.361 e. The number of carbonyl (C=O) groups excluding carboxylic acids is 1. The summed E-state index contributed by atoms with van der Waals surface area (Å²) in [5.74, 6) is -1.11. The van der Waals surface area contributed by atoms with Gasteiger partial charge < -0.3 is 10.3 Å². The Bertz CT molecular complexity index is 751. The highest BCUT2D eigenvalue weighted by molar-refractivity contribution is 6.03. The zero-order valence-electron chi connectivity index (χ0n) is 9.85. The second kappa shape index (κ2) is 4.53. The molecule has 2 N–H and O–H groups in total. The molecule has 3 rings (SSSR count). The van der Waals surface area contributed by atoms with Gasteiger partial charge in [-0.25, -0.2) is 4.98 Å². The molecule has 5 heteroatoms. The number of pyridine rings is 1. The van der Waals surface area contributed by atoms with Crippen molar-refractivity contribution in [3.05, 3.63) is 60.3 Å². The number of nitrogens with zero attached hydrogens (tertiary/aromatic N) is 1. The van der Waals surface area contributed by atoms with E-state index in [0.29, 0.717) is 5.69 Å². The first-order valence-electron chi connectivity index (χ1n) is 5.73. The van der Waals surface area contributed by atoms with Crippen molar-refractivity contribution >= 4 is 22.5 Å². The molecule has 1 aromatic carbocycles. The monoisotopic (exact) mass is 255 g/mol. The van der Waals surface area contributed by atoms with Crippen LogP contribution in [-0.2, 0) is 0 Å². The number of hydrogen-bond donors (Lipinski definition) is 2. The lowest BCUT2D eigenvalue weighted by Gasteiger charge is -2.04. The number of anilines is 1. The quantitative estimate of drug-likeness (QED) is 0.692. The number of fused-ring (bicyclic) bond motifs is 1. The van der Waals surface area contributed by atoms with Gasteiger partial charge in [0.1, 0.15) is 5.69 Å². The van der Waals surface area contributed by atoms with E-state index in [1.807, 2.05) is 24.4 Å². The third kappa shape index (κ3) is 2.30. The van der Waals surface area contributed by atoms with Gasteiger partial charge in [-0.2, -0.15) is 4.39 Å². The number of aromatic amines is 1. The highest BCUT2D eigenvalue weighted by atomic mass is 19.1.